The van der Waals surface area contributed by atoms with Crippen LogP contribution in [0.4, 0.5) is 0 Å². The van der Waals surface area contributed by atoms with E-state index in [4.69, 9.17) is 26.6 Å². The highest BCUT2D eigenvalue weighted by molar-refractivity contribution is 7.56. The Morgan fingerprint density at radius 1 is 1.14 bits per heavy atom. The van der Waals surface area contributed by atoms with Gasteiger partial charge in [-0.25, -0.2) is 5.09 Å². The molecule has 1 saturated heterocycles. The first kappa shape index (κ1) is 25.2. The second-order valence-corrected chi connectivity index (χ2v) is 8.93. The van der Waals surface area contributed by atoms with Crippen LogP contribution in [-0.4, -0.2) is 58.1 Å². The van der Waals surface area contributed by atoms with Crippen LogP contribution >= 0.6 is 7.52 Å². The summed E-state index contributed by atoms with van der Waals surface area (Å²) in [4.78, 5) is 24.5. The summed E-state index contributed by atoms with van der Waals surface area (Å²) in [6.45, 7) is 4.69. The van der Waals surface area contributed by atoms with Crippen molar-refractivity contribution >= 4 is 27.3 Å². The van der Waals surface area contributed by atoms with Crippen LogP contribution < -0.4 is 5.09 Å². The first-order valence-electron chi connectivity index (χ1n) is 10.1. The number of carbonyl (C=O) groups excluding carboxylic acids is 2. The molecule has 0 spiro atoms. The summed E-state index contributed by atoms with van der Waals surface area (Å²) in [5.74, 6) is -1.20. The zero-order valence-electron chi connectivity index (χ0n) is 17.0. The minimum Gasteiger partial charge on any atom is -0.466 e. The van der Waals surface area contributed by atoms with Gasteiger partial charge in [0.15, 0.2) is 0 Å². The SMILES string of the molecule is [B]CC1COP(=O)(N[C@@H](CC(=O)OCCCCC)C(=O)OCCCCC)CO1. The molecule has 0 bridgehead atoms. The molecule has 28 heavy (non-hydrogen) atoms. The standard InChI is InChI=1S/C18H33BNO7P/c1-3-5-7-9-24-17(21)11-16(18(22)25-10-8-6-4-2)20-28(23)14-26-15(12-19)13-27-28/h15-16H,3-14H2,1-2H3,(H,20,23)/t15?,16-,28?/m0/s1. The smallest absolute Gasteiger partial charge is 0.324 e. The van der Waals surface area contributed by atoms with Crippen LogP contribution in [0.1, 0.15) is 58.8 Å². The van der Waals surface area contributed by atoms with Gasteiger partial charge < -0.3 is 18.7 Å². The van der Waals surface area contributed by atoms with Crippen molar-refractivity contribution in [2.75, 3.05) is 26.2 Å². The van der Waals surface area contributed by atoms with Crippen LogP contribution in [-0.2, 0) is 32.9 Å². The zero-order valence-corrected chi connectivity index (χ0v) is 17.9. The van der Waals surface area contributed by atoms with Crippen molar-refractivity contribution in [3.8, 4) is 0 Å². The summed E-state index contributed by atoms with van der Waals surface area (Å²) in [5.41, 5.74) is 0. The summed E-state index contributed by atoms with van der Waals surface area (Å²) < 4.78 is 34.0. The summed E-state index contributed by atoms with van der Waals surface area (Å²) in [6, 6.07) is -1.12. The Balaban J connectivity index is 2.62. The van der Waals surface area contributed by atoms with Crippen LogP contribution in [0.3, 0.4) is 0 Å². The minimum atomic E-state index is -3.45. The predicted octanol–water partition coefficient (Wildman–Crippen LogP) is 2.95. The molecule has 160 valence electrons. The molecule has 1 aliphatic heterocycles. The molecule has 1 heterocycles. The largest absolute Gasteiger partial charge is 0.466 e. The van der Waals surface area contributed by atoms with Gasteiger partial charge in [0.05, 0.1) is 40.2 Å². The van der Waals surface area contributed by atoms with Gasteiger partial charge in [0.2, 0.25) is 0 Å². The average molecular weight is 417 g/mol. The topological polar surface area (TPSA) is 100 Å². The molecule has 0 aromatic heterocycles. The lowest BCUT2D eigenvalue weighted by molar-refractivity contribution is -0.152. The van der Waals surface area contributed by atoms with Gasteiger partial charge in [0.1, 0.15) is 12.4 Å². The van der Waals surface area contributed by atoms with Crippen molar-refractivity contribution in [3.05, 3.63) is 0 Å². The molecule has 0 amide bonds. The van der Waals surface area contributed by atoms with Crippen LogP contribution in [0.25, 0.3) is 0 Å². The lowest BCUT2D eigenvalue weighted by Gasteiger charge is -2.31. The Morgan fingerprint density at radius 2 is 1.79 bits per heavy atom. The van der Waals surface area contributed by atoms with Crippen LogP contribution in [0.5, 0.6) is 0 Å². The molecule has 1 N–H and O–H groups in total. The van der Waals surface area contributed by atoms with Crippen molar-refractivity contribution in [2.24, 2.45) is 0 Å². The fourth-order valence-corrected chi connectivity index (χ4v) is 4.22. The van der Waals surface area contributed by atoms with Gasteiger partial charge in [-0.15, -0.1) is 0 Å². The van der Waals surface area contributed by atoms with Gasteiger partial charge >= 0.3 is 11.9 Å². The number of carbonyl (C=O) groups is 2. The predicted molar refractivity (Wildman–Crippen MR) is 106 cm³/mol. The maximum absolute atomic E-state index is 12.8. The van der Waals surface area contributed by atoms with E-state index < -0.39 is 25.5 Å². The Labute approximate surface area is 169 Å². The van der Waals surface area contributed by atoms with Crippen LogP contribution in [0.15, 0.2) is 0 Å². The molecular weight excluding hydrogens is 384 g/mol. The van der Waals surface area contributed by atoms with Crippen molar-refractivity contribution in [1.82, 2.24) is 5.09 Å². The van der Waals surface area contributed by atoms with E-state index in [0.717, 1.165) is 38.5 Å². The molecule has 0 aliphatic carbocycles. The number of hydrogen-bond acceptors (Lipinski definition) is 7. The van der Waals surface area contributed by atoms with Gasteiger partial charge in [-0.3, -0.25) is 14.2 Å². The average Bonchev–Trinajstić information content (AvgIpc) is 2.68. The van der Waals surface area contributed by atoms with E-state index in [1.54, 1.807) is 0 Å². The Bertz CT molecular complexity index is 508. The molecule has 10 heteroatoms. The molecule has 0 saturated carbocycles. The van der Waals surface area contributed by atoms with E-state index in [9.17, 15) is 14.2 Å². The maximum Gasteiger partial charge on any atom is 0.324 e. The van der Waals surface area contributed by atoms with Crippen molar-refractivity contribution in [3.63, 3.8) is 0 Å². The highest BCUT2D eigenvalue weighted by Crippen LogP contribution is 2.46. The Kier molecular flexibility index (Phi) is 12.7. The van der Waals surface area contributed by atoms with E-state index in [0.29, 0.717) is 6.61 Å². The number of esters is 2. The second-order valence-electron chi connectivity index (χ2n) is 6.81. The summed E-state index contributed by atoms with van der Waals surface area (Å²) in [6.07, 6.45) is 4.77. The van der Waals surface area contributed by atoms with E-state index in [1.807, 2.05) is 6.92 Å². The van der Waals surface area contributed by atoms with Gasteiger partial charge in [-0.2, -0.15) is 0 Å². The van der Waals surface area contributed by atoms with Crippen LogP contribution in [0, 0.1) is 0 Å². The summed E-state index contributed by atoms with van der Waals surface area (Å²) in [7, 11) is 2.06. The molecular formula is C18H33BNO7P. The van der Waals surface area contributed by atoms with Gasteiger partial charge in [0.25, 0.3) is 7.52 Å². The summed E-state index contributed by atoms with van der Waals surface area (Å²) >= 11 is 0. The van der Waals surface area contributed by atoms with Crippen molar-refractivity contribution in [2.45, 2.75) is 77.3 Å². The van der Waals surface area contributed by atoms with E-state index in [-0.39, 0.29) is 38.4 Å². The van der Waals surface area contributed by atoms with Crippen molar-refractivity contribution in [1.29, 1.82) is 0 Å². The molecule has 0 aromatic carbocycles. The maximum atomic E-state index is 12.8. The quantitative estimate of drug-likeness (QED) is 0.199. The Morgan fingerprint density at radius 3 is 2.32 bits per heavy atom. The normalized spacial score (nSPS) is 23.1. The highest BCUT2D eigenvalue weighted by atomic mass is 31.2. The summed E-state index contributed by atoms with van der Waals surface area (Å²) in [5, 5.41) is 2.64. The number of ether oxygens (including phenoxy) is 3. The van der Waals surface area contributed by atoms with E-state index in [2.05, 4.69) is 12.0 Å². The van der Waals surface area contributed by atoms with Crippen molar-refractivity contribution < 1.29 is 32.9 Å². The second kappa shape index (κ2) is 14.2. The number of nitrogens with one attached hydrogen (secondary N) is 1. The van der Waals surface area contributed by atoms with E-state index >= 15 is 0 Å². The molecule has 1 fully saturated rings. The lowest BCUT2D eigenvalue weighted by atomic mass is 10.0. The first-order valence-corrected chi connectivity index (χ1v) is 11.9. The monoisotopic (exact) mass is 417 g/mol. The molecule has 1 aliphatic rings. The van der Waals surface area contributed by atoms with Gasteiger partial charge in [-0.05, 0) is 12.8 Å². The molecule has 2 radical (unpaired) electrons. The molecule has 3 atom stereocenters. The fraction of sp³-hybridized carbons (Fsp3) is 0.889. The molecule has 0 aromatic rings. The number of unbranched alkanes of at least 4 members (excludes halogenated alkanes) is 4. The lowest BCUT2D eigenvalue weighted by Crippen LogP contribution is -2.41. The third-order valence-corrected chi connectivity index (χ3v) is 5.98. The number of hydrogen-bond donors (Lipinski definition) is 1. The first-order chi connectivity index (χ1) is 13.4. The van der Waals surface area contributed by atoms with Gasteiger partial charge in [-0.1, -0.05) is 45.9 Å². The minimum absolute atomic E-state index is 0.0561. The molecule has 8 nitrogen and oxygen atoms in total. The fourth-order valence-electron chi connectivity index (χ4n) is 2.51. The number of rotatable bonds is 14. The highest BCUT2D eigenvalue weighted by Gasteiger charge is 2.37. The third kappa shape index (κ3) is 10.1. The molecule has 1 rings (SSSR count). The molecule has 2 unspecified atom stereocenters. The van der Waals surface area contributed by atoms with E-state index in [1.165, 1.54) is 0 Å². The third-order valence-electron chi connectivity index (χ3n) is 4.22. The van der Waals surface area contributed by atoms with Crippen LogP contribution in [0.2, 0.25) is 6.32 Å². The van der Waals surface area contributed by atoms with Gasteiger partial charge in [0, 0.05) is 0 Å². The zero-order chi connectivity index (χ0) is 20.8. The Hall–Kier alpha value is -0.885.